The Labute approximate surface area is 199 Å². The van der Waals surface area contributed by atoms with Crippen molar-refractivity contribution in [3.63, 3.8) is 0 Å². The lowest BCUT2D eigenvalue weighted by molar-refractivity contribution is -0.142. The van der Waals surface area contributed by atoms with E-state index in [-0.39, 0.29) is 12.5 Å². The molecule has 1 fully saturated rings. The molecule has 168 valence electrons. The van der Waals surface area contributed by atoms with Gasteiger partial charge in [0.1, 0.15) is 5.75 Å². The molecule has 1 amide bonds. The van der Waals surface area contributed by atoms with Gasteiger partial charge in [-0.05, 0) is 54.6 Å². The van der Waals surface area contributed by atoms with Crippen molar-refractivity contribution in [2.24, 2.45) is 4.99 Å². The predicted molar refractivity (Wildman–Crippen MR) is 129 cm³/mol. The first-order valence-corrected chi connectivity index (χ1v) is 11.5. The van der Waals surface area contributed by atoms with E-state index in [4.69, 9.17) is 9.47 Å². The number of esters is 1. The maximum absolute atomic E-state index is 13.2. The van der Waals surface area contributed by atoms with Crippen LogP contribution in [-0.4, -0.2) is 55.9 Å². The summed E-state index contributed by atoms with van der Waals surface area (Å²) in [7, 11) is 2.93. The molecule has 3 rings (SSSR count). The summed E-state index contributed by atoms with van der Waals surface area (Å²) in [5, 5.41) is 0.607. The first-order valence-electron chi connectivity index (χ1n) is 9.85. The molecule has 2 aromatic carbocycles. The minimum Gasteiger partial charge on any atom is -0.481 e. The Kier molecular flexibility index (Phi) is 8.90. The second-order valence-electron chi connectivity index (χ2n) is 6.69. The fourth-order valence-electron chi connectivity index (χ4n) is 2.87. The number of halogens is 1. The topological polar surface area (TPSA) is 77.4 Å². The number of amides is 1. The lowest BCUT2D eigenvalue weighted by Gasteiger charge is -2.15. The highest BCUT2D eigenvalue weighted by molar-refractivity contribution is 9.10. The first-order chi connectivity index (χ1) is 15.5. The van der Waals surface area contributed by atoms with Gasteiger partial charge in [0.15, 0.2) is 11.8 Å². The SMILES string of the molecule is COCCCN1C(=O)/C(=C/c2cc(Br)ccc2OCC(=O)OC)SC1=Nc1ccccc1. The summed E-state index contributed by atoms with van der Waals surface area (Å²) in [6.45, 7) is 0.815. The Morgan fingerprint density at radius 3 is 2.69 bits per heavy atom. The van der Waals surface area contributed by atoms with E-state index in [1.807, 2.05) is 36.4 Å². The van der Waals surface area contributed by atoms with E-state index in [1.165, 1.54) is 18.9 Å². The molecule has 0 unspecified atom stereocenters. The summed E-state index contributed by atoms with van der Waals surface area (Å²) in [5.41, 5.74) is 1.43. The molecule has 2 aromatic rings. The highest BCUT2D eigenvalue weighted by atomic mass is 79.9. The van der Waals surface area contributed by atoms with Gasteiger partial charge in [-0.2, -0.15) is 0 Å². The van der Waals surface area contributed by atoms with Crippen molar-refractivity contribution < 1.29 is 23.8 Å². The van der Waals surface area contributed by atoms with Crippen LogP contribution in [0.25, 0.3) is 6.08 Å². The Hall–Kier alpha value is -2.62. The van der Waals surface area contributed by atoms with Crippen molar-refractivity contribution in [3.05, 3.63) is 63.5 Å². The highest BCUT2D eigenvalue weighted by Crippen LogP contribution is 2.36. The van der Waals surface area contributed by atoms with Crippen LogP contribution in [0.2, 0.25) is 0 Å². The largest absolute Gasteiger partial charge is 0.481 e. The Morgan fingerprint density at radius 1 is 1.19 bits per heavy atom. The lowest BCUT2D eigenvalue weighted by atomic mass is 10.2. The van der Waals surface area contributed by atoms with Crippen LogP contribution >= 0.6 is 27.7 Å². The molecule has 0 aromatic heterocycles. The monoisotopic (exact) mass is 518 g/mol. The van der Waals surface area contributed by atoms with Crippen LogP contribution < -0.4 is 4.74 Å². The number of rotatable bonds is 9. The van der Waals surface area contributed by atoms with Gasteiger partial charge in [0.25, 0.3) is 5.91 Å². The minimum atomic E-state index is -0.487. The van der Waals surface area contributed by atoms with Gasteiger partial charge in [-0.25, -0.2) is 9.79 Å². The minimum absolute atomic E-state index is 0.139. The highest BCUT2D eigenvalue weighted by Gasteiger charge is 2.33. The Morgan fingerprint density at radius 2 is 1.97 bits per heavy atom. The molecule has 9 heteroatoms. The maximum atomic E-state index is 13.2. The quantitative estimate of drug-likeness (QED) is 0.273. The van der Waals surface area contributed by atoms with Crippen LogP contribution in [0.5, 0.6) is 5.75 Å². The van der Waals surface area contributed by atoms with Gasteiger partial charge in [-0.15, -0.1) is 0 Å². The van der Waals surface area contributed by atoms with Gasteiger partial charge in [-0.1, -0.05) is 34.1 Å². The molecule has 32 heavy (non-hydrogen) atoms. The molecule has 0 spiro atoms. The van der Waals surface area contributed by atoms with Gasteiger partial charge < -0.3 is 14.2 Å². The average Bonchev–Trinajstić information content (AvgIpc) is 3.08. The number of benzene rings is 2. The van der Waals surface area contributed by atoms with E-state index >= 15 is 0 Å². The van der Waals surface area contributed by atoms with Crippen molar-refractivity contribution in [3.8, 4) is 5.75 Å². The molecule has 1 saturated heterocycles. The third-order valence-electron chi connectivity index (χ3n) is 4.43. The van der Waals surface area contributed by atoms with Crippen LogP contribution in [0, 0.1) is 0 Å². The smallest absolute Gasteiger partial charge is 0.343 e. The van der Waals surface area contributed by atoms with Crippen LogP contribution in [-0.2, 0) is 19.1 Å². The van der Waals surface area contributed by atoms with Gasteiger partial charge in [0.2, 0.25) is 0 Å². The second kappa shape index (κ2) is 11.8. The van der Waals surface area contributed by atoms with Gasteiger partial charge in [-0.3, -0.25) is 9.69 Å². The van der Waals surface area contributed by atoms with Crippen molar-refractivity contribution in [1.82, 2.24) is 4.90 Å². The molecule has 7 nitrogen and oxygen atoms in total. The molecular formula is C23H23BrN2O5S. The summed E-state index contributed by atoms with van der Waals surface area (Å²) in [5.74, 6) is -0.155. The number of thioether (sulfide) groups is 1. The first kappa shape index (κ1) is 24.0. The van der Waals surface area contributed by atoms with Crippen molar-refractivity contribution in [2.75, 3.05) is 34.0 Å². The molecule has 1 heterocycles. The summed E-state index contributed by atoms with van der Waals surface area (Å²) in [4.78, 5) is 31.5. The van der Waals surface area contributed by atoms with Crippen LogP contribution in [0.3, 0.4) is 0 Å². The van der Waals surface area contributed by atoms with E-state index < -0.39 is 5.97 Å². The molecular weight excluding hydrogens is 496 g/mol. The van der Waals surface area contributed by atoms with E-state index in [1.54, 1.807) is 30.2 Å². The van der Waals surface area contributed by atoms with Crippen LogP contribution in [0.4, 0.5) is 5.69 Å². The predicted octanol–water partition coefficient (Wildman–Crippen LogP) is 4.64. The fourth-order valence-corrected chi connectivity index (χ4v) is 4.26. The van der Waals surface area contributed by atoms with Crippen molar-refractivity contribution in [1.29, 1.82) is 0 Å². The number of amidine groups is 1. The molecule has 0 radical (unpaired) electrons. The number of hydrogen-bond acceptors (Lipinski definition) is 7. The number of hydrogen-bond donors (Lipinski definition) is 0. The zero-order valence-corrected chi connectivity index (χ0v) is 20.1. The molecule has 0 bridgehead atoms. The maximum Gasteiger partial charge on any atom is 0.343 e. The molecule has 1 aliphatic heterocycles. The van der Waals surface area contributed by atoms with Gasteiger partial charge in [0.05, 0.1) is 17.7 Å². The normalized spacial score (nSPS) is 16.1. The molecule has 0 N–H and O–H groups in total. The van der Waals surface area contributed by atoms with Crippen molar-refractivity contribution >= 4 is 56.5 Å². The number of ether oxygens (including phenoxy) is 3. The van der Waals surface area contributed by atoms with Crippen molar-refractivity contribution in [2.45, 2.75) is 6.42 Å². The Bertz CT molecular complexity index is 1030. The van der Waals surface area contributed by atoms with E-state index in [9.17, 15) is 9.59 Å². The number of carbonyl (C=O) groups is 2. The third-order valence-corrected chi connectivity index (χ3v) is 5.93. The van der Waals surface area contributed by atoms with Crippen LogP contribution in [0.15, 0.2) is 62.9 Å². The van der Waals surface area contributed by atoms with Crippen LogP contribution in [0.1, 0.15) is 12.0 Å². The molecule has 0 saturated carbocycles. The third kappa shape index (κ3) is 6.44. The standard InChI is InChI=1S/C23H23BrN2O5S/c1-29-12-6-11-26-22(28)20(32-23(26)25-18-7-4-3-5-8-18)14-16-13-17(24)9-10-19(16)31-15-21(27)30-2/h3-5,7-10,13-14H,6,11-12,15H2,1-2H3/b20-14-,25-23?. The molecule has 0 atom stereocenters. The summed E-state index contributed by atoms with van der Waals surface area (Å²) in [6, 6.07) is 14.9. The average molecular weight is 519 g/mol. The number of methoxy groups -OCH3 is 2. The summed E-state index contributed by atoms with van der Waals surface area (Å²) in [6.07, 6.45) is 2.44. The zero-order chi connectivity index (χ0) is 22.9. The lowest BCUT2D eigenvalue weighted by Crippen LogP contribution is -2.30. The number of carbonyl (C=O) groups excluding carboxylic acids is 2. The van der Waals surface area contributed by atoms with Gasteiger partial charge >= 0.3 is 5.97 Å². The summed E-state index contributed by atoms with van der Waals surface area (Å²) < 4.78 is 16.2. The molecule has 1 aliphatic rings. The van der Waals surface area contributed by atoms with E-state index in [0.717, 1.165) is 10.2 Å². The molecule has 0 aliphatic carbocycles. The second-order valence-corrected chi connectivity index (χ2v) is 8.62. The van der Waals surface area contributed by atoms with Gasteiger partial charge in [0, 0.05) is 30.3 Å². The number of para-hydroxylation sites is 1. The number of aliphatic imine (C=N–C) groups is 1. The summed E-state index contributed by atoms with van der Waals surface area (Å²) >= 11 is 4.75. The fraction of sp³-hybridized carbons (Fsp3) is 0.261. The number of nitrogens with zero attached hydrogens (tertiary/aromatic N) is 2. The van der Waals surface area contributed by atoms with E-state index in [2.05, 4.69) is 25.7 Å². The van der Waals surface area contributed by atoms with E-state index in [0.29, 0.717) is 41.0 Å². The Balaban J connectivity index is 1.92. The zero-order valence-electron chi connectivity index (χ0n) is 17.7.